The quantitative estimate of drug-likeness (QED) is 0.412. The molecule has 1 amide bonds. The minimum atomic E-state index is -3.94. The standard InChI is InChI=1S/C24H24BrClN2O3S/c1-16-6-4-5-7-19(16)14-28(32(30,31)22-10-8-21(26)9-11-22)15-23(29)27-24-17(2)12-20(25)13-18(24)3/h4-13H,14-15H2,1-3H3,(H,27,29). The Morgan fingerprint density at radius 3 is 2.16 bits per heavy atom. The zero-order valence-electron chi connectivity index (χ0n) is 18.0. The van der Waals surface area contributed by atoms with Crippen molar-refractivity contribution in [1.82, 2.24) is 4.31 Å². The summed E-state index contributed by atoms with van der Waals surface area (Å²) in [6.45, 7) is 5.44. The predicted molar refractivity (Wildman–Crippen MR) is 132 cm³/mol. The van der Waals surface area contributed by atoms with Crippen molar-refractivity contribution in [3.05, 3.63) is 92.4 Å². The van der Waals surface area contributed by atoms with Crippen molar-refractivity contribution in [3.63, 3.8) is 0 Å². The average Bonchev–Trinajstić information content (AvgIpc) is 2.72. The number of hydrogen-bond acceptors (Lipinski definition) is 3. The van der Waals surface area contributed by atoms with Crippen LogP contribution in [0.4, 0.5) is 5.69 Å². The van der Waals surface area contributed by atoms with Crippen LogP contribution in [-0.2, 0) is 21.4 Å². The molecule has 5 nitrogen and oxygen atoms in total. The molecule has 0 saturated heterocycles. The summed E-state index contributed by atoms with van der Waals surface area (Å²) in [5.41, 5.74) is 4.23. The molecule has 0 aliphatic rings. The number of anilines is 1. The summed E-state index contributed by atoms with van der Waals surface area (Å²) in [4.78, 5) is 13.1. The molecule has 0 heterocycles. The highest BCUT2D eigenvalue weighted by Gasteiger charge is 2.27. The summed E-state index contributed by atoms with van der Waals surface area (Å²) in [6.07, 6.45) is 0. The third kappa shape index (κ3) is 5.78. The van der Waals surface area contributed by atoms with Crippen molar-refractivity contribution in [3.8, 4) is 0 Å². The normalized spacial score (nSPS) is 11.6. The van der Waals surface area contributed by atoms with E-state index in [1.54, 1.807) is 0 Å². The van der Waals surface area contributed by atoms with E-state index in [1.165, 1.54) is 28.6 Å². The van der Waals surface area contributed by atoms with E-state index in [0.717, 1.165) is 26.7 Å². The number of amides is 1. The van der Waals surface area contributed by atoms with Crippen molar-refractivity contribution >= 4 is 49.1 Å². The highest BCUT2D eigenvalue weighted by Crippen LogP contribution is 2.26. The van der Waals surface area contributed by atoms with Crippen LogP contribution < -0.4 is 5.32 Å². The third-order valence-corrected chi connectivity index (χ3v) is 7.66. The summed E-state index contributed by atoms with van der Waals surface area (Å²) in [5, 5.41) is 3.32. The van der Waals surface area contributed by atoms with Crippen LogP contribution in [0.15, 0.2) is 70.0 Å². The van der Waals surface area contributed by atoms with E-state index < -0.39 is 15.9 Å². The lowest BCUT2D eigenvalue weighted by molar-refractivity contribution is -0.116. The van der Waals surface area contributed by atoms with Crippen molar-refractivity contribution in [2.75, 3.05) is 11.9 Å². The van der Waals surface area contributed by atoms with Gasteiger partial charge in [0.2, 0.25) is 15.9 Å². The fourth-order valence-electron chi connectivity index (χ4n) is 3.41. The van der Waals surface area contributed by atoms with E-state index >= 15 is 0 Å². The lowest BCUT2D eigenvalue weighted by atomic mass is 10.1. The first-order chi connectivity index (χ1) is 15.1. The maximum atomic E-state index is 13.4. The molecule has 0 fully saturated rings. The Labute approximate surface area is 202 Å². The molecule has 0 atom stereocenters. The number of hydrogen-bond donors (Lipinski definition) is 1. The maximum absolute atomic E-state index is 13.4. The van der Waals surface area contributed by atoms with Gasteiger partial charge in [0.05, 0.1) is 11.4 Å². The van der Waals surface area contributed by atoms with Crippen LogP contribution in [0, 0.1) is 20.8 Å². The van der Waals surface area contributed by atoms with Crippen LogP contribution in [0.5, 0.6) is 0 Å². The number of nitrogens with zero attached hydrogens (tertiary/aromatic N) is 1. The second-order valence-electron chi connectivity index (χ2n) is 7.62. The molecule has 3 rings (SSSR count). The minimum Gasteiger partial charge on any atom is -0.324 e. The number of aryl methyl sites for hydroxylation is 3. The van der Waals surface area contributed by atoms with Gasteiger partial charge in [0.1, 0.15) is 0 Å². The van der Waals surface area contributed by atoms with Crippen LogP contribution >= 0.6 is 27.5 Å². The van der Waals surface area contributed by atoms with E-state index in [1.807, 2.05) is 57.2 Å². The number of carbonyl (C=O) groups excluding carboxylic acids is 1. The number of carbonyl (C=O) groups is 1. The molecular formula is C24H24BrClN2O3S. The lowest BCUT2D eigenvalue weighted by Gasteiger charge is -2.23. The summed E-state index contributed by atoms with van der Waals surface area (Å²) < 4.78 is 29.0. The van der Waals surface area contributed by atoms with Gasteiger partial charge in [0.15, 0.2) is 0 Å². The second kappa shape index (κ2) is 10.2. The predicted octanol–water partition coefficient (Wildman–Crippen LogP) is 5.86. The SMILES string of the molecule is Cc1ccccc1CN(CC(=O)Nc1c(C)cc(Br)cc1C)S(=O)(=O)c1ccc(Cl)cc1. The molecule has 8 heteroatoms. The van der Waals surface area contributed by atoms with Gasteiger partial charge in [-0.2, -0.15) is 4.31 Å². The number of nitrogens with one attached hydrogen (secondary N) is 1. The third-order valence-electron chi connectivity index (χ3n) is 5.14. The van der Waals surface area contributed by atoms with Gasteiger partial charge < -0.3 is 5.32 Å². The largest absolute Gasteiger partial charge is 0.324 e. The average molecular weight is 536 g/mol. The highest BCUT2D eigenvalue weighted by molar-refractivity contribution is 9.10. The van der Waals surface area contributed by atoms with Crippen LogP contribution in [0.1, 0.15) is 22.3 Å². The van der Waals surface area contributed by atoms with Crippen LogP contribution in [0.2, 0.25) is 5.02 Å². The Balaban J connectivity index is 1.93. The van der Waals surface area contributed by atoms with Crippen LogP contribution in [0.25, 0.3) is 0 Å². The molecule has 3 aromatic carbocycles. The maximum Gasteiger partial charge on any atom is 0.243 e. The summed E-state index contributed by atoms with van der Waals surface area (Å²) >= 11 is 9.38. The van der Waals surface area contributed by atoms with E-state index in [0.29, 0.717) is 10.7 Å². The number of rotatable bonds is 7. The second-order valence-corrected chi connectivity index (χ2v) is 10.9. The smallest absolute Gasteiger partial charge is 0.243 e. The number of benzene rings is 3. The van der Waals surface area contributed by atoms with Gasteiger partial charge in [-0.1, -0.05) is 51.8 Å². The zero-order valence-corrected chi connectivity index (χ0v) is 21.2. The van der Waals surface area contributed by atoms with Gasteiger partial charge in [-0.25, -0.2) is 8.42 Å². The lowest BCUT2D eigenvalue weighted by Crippen LogP contribution is -2.38. The topological polar surface area (TPSA) is 66.5 Å². The Bertz CT molecular complexity index is 1220. The summed E-state index contributed by atoms with van der Waals surface area (Å²) in [6, 6.07) is 17.3. The fraction of sp³-hybridized carbons (Fsp3) is 0.208. The molecule has 0 unspecified atom stereocenters. The van der Waals surface area contributed by atoms with Gasteiger partial charge in [-0.05, 0) is 79.4 Å². The van der Waals surface area contributed by atoms with Gasteiger partial charge in [0.25, 0.3) is 0 Å². The van der Waals surface area contributed by atoms with E-state index in [2.05, 4.69) is 21.2 Å². The van der Waals surface area contributed by atoms with Crippen molar-refractivity contribution < 1.29 is 13.2 Å². The Morgan fingerprint density at radius 2 is 1.56 bits per heavy atom. The van der Waals surface area contributed by atoms with E-state index in [4.69, 9.17) is 11.6 Å². The molecule has 0 spiro atoms. The Kier molecular flexibility index (Phi) is 7.77. The monoisotopic (exact) mass is 534 g/mol. The van der Waals surface area contributed by atoms with E-state index in [-0.39, 0.29) is 18.0 Å². The molecule has 168 valence electrons. The zero-order chi connectivity index (χ0) is 23.5. The highest BCUT2D eigenvalue weighted by atomic mass is 79.9. The number of sulfonamides is 1. The van der Waals surface area contributed by atoms with E-state index in [9.17, 15) is 13.2 Å². The molecule has 0 radical (unpaired) electrons. The van der Waals surface area contributed by atoms with Gasteiger partial charge in [-0.3, -0.25) is 4.79 Å². The van der Waals surface area contributed by atoms with Crippen LogP contribution in [0.3, 0.4) is 0 Å². The summed E-state index contributed by atoms with van der Waals surface area (Å²) in [5.74, 6) is -0.412. The molecule has 0 saturated carbocycles. The molecule has 0 bridgehead atoms. The van der Waals surface area contributed by atoms with Crippen LogP contribution in [-0.4, -0.2) is 25.2 Å². The van der Waals surface area contributed by atoms with Crippen molar-refractivity contribution in [1.29, 1.82) is 0 Å². The minimum absolute atomic E-state index is 0.0728. The molecule has 1 N–H and O–H groups in total. The summed E-state index contributed by atoms with van der Waals surface area (Å²) in [7, 11) is -3.94. The van der Waals surface area contributed by atoms with Crippen molar-refractivity contribution in [2.45, 2.75) is 32.2 Å². The van der Waals surface area contributed by atoms with Gasteiger partial charge in [0, 0.05) is 21.7 Å². The molecule has 0 aromatic heterocycles. The molecule has 32 heavy (non-hydrogen) atoms. The molecular weight excluding hydrogens is 512 g/mol. The van der Waals surface area contributed by atoms with Crippen molar-refractivity contribution in [2.24, 2.45) is 0 Å². The number of halogens is 2. The Morgan fingerprint density at radius 1 is 0.969 bits per heavy atom. The molecule has 3 aromatic rings. The first-order valence-corrected chi connectivity index (χ1v) is 12.6. The first kappa shape index (κ1) is 24.5. The first-order valence-electron chi connectivity index (χ1n) is 9.95. The molecule has 0 aliphatic heterocycles. The Hall–Kier alpha value is -2.19. The van der Waals surface area contributed by atoms with Gasteiger partial charge in [-0.15, -0.1) is 0 Å². The molecule has 0 aliphatic carbocycles. The van der Waals surface area contributed by atoms with Gasteiger partial charge >= 0.3 is 0 Å². The fourth-order valence-corrected chi connectivity index (χ4v) is 5.59.